The van der Waals surface area contributed by atoms with Gasteiger partial charge in [0.1, 0.15) is 0 Å². The third-order valence-electron chi connectivity index (χ3n) is 3.80. The molecule has 0 saturated heterocycles. The topological polar surface area (TPSA) is 75.7 Å². The maximum absolute atomic E-state index is 10.2. The van der Waals surface area contributed by atoms with E-state index in [9.17, 15) is 10.2 Å². The van der Waals surface area contributed by atoms with Gasteiger partial charge in [-0.25, -0.2) is 0 Å². The van der Waals surface area contributed by atoms with Gasteiger partial charge in [0.25, 0.3) is 0 Å². The minimum absolute atomic E-state index is 0.0871. The Kier molecular flexibility index (Phi) is 3.89. The van der Waals surface area contributed by atoms with Crippen molar-refractivity contribution in [3.8, 4) is 11.5 Å². The Morgan fingerprint density at radius 1 is 1.24 bits per heavy atom. The summed E-state index contributed by atoms with van der Waals surface area (Å²) in [5, 5.41) is 20.0. The Bertz CT molecular complexity index is 660. The number of rotatable bonds is 2. The van der Waals surface area contributed by atoms with Crippen LogP contribution < -0.4 is 5.73 Å². The van der Waals surface area contributed by atoms with Crippen LogP contribution in [0.15, 0.2) is 40.9 Å². The molecule has 1 aliphatic rings. The summed E-state index contributed by atoms with van der Waals surface area (Å²) in [6.45, 7) is 0.305. The summed E-state index contributed by atoms with van der Waals surface area (Å²) in [7, 11) is 0. The van der Waals surface area contributed by atoms with Crippen molar-refractivity contribution in [3.05, 3.63) is 57.6 Å². The van der Waals surface area contributed by atoms with Crippen molar-refractivity contribution < 1.29 is 14.9 Å². The smallest absolute Gasteiger partial charge is 0.161 e. The zero-order chi connectivity index (χ0) is 15.0. The lowest BCUT2D eigenvalue weighted by atomic mass is 9.90. The van der Waals surface area contributed by atoms with Gasteiger partial charge in [0.15, 0.2) is 11.5 Å². The summed E-state index contributed by atoms with van der Waals surface area (Å²) in [4.78, 5) is 0. The van der Waals surface area contributed by atoms with Crippen LogP contribution in [0.4, 0.5) is 0 Å². The summed E-state index contributed by atoms with van der Waals surface area (Å²) in [5.74, 6) is -0.221. The van der Waals surface area contributed by atoms with E-state index in [1.165, 1.54) is 6.07 Å². The molecule has 4 nitrogen and oxygen atoms in total. The number of benzene rings is 2. The zero-order valence-electron chi connectivity index (χ0n) is 11.3. The zero-order valence-corrected chi connectivity index (χ0v) is 12.9. The van der Waals surface area contributed by atoms with E-state index in [1.54, 1.807) is 0 Å². The lowest BCUT2D eigenvalue weighted by molar-refractivity contribution is -0.0235. The molecule has 0 amide bonds. The molecule has 5 heteroatoms. The van der Waals surface area contributed by atoms with Crippen LogP contribution in [0.2, 0.25) is 0 Å². The minimum atomic E-state index is -0.320. The Morgan fingerprint density at radius 2 is 1.95 bits per heavy atom. The molecule has 0 radical (unpaired) electrons. The third kappa shape index (κ3) is 2.52. The second-order valence-electron chi connectivity index (χ2n) is 5.08. The predicted octanol–water partition coefficient (Wildman–Crippen LogP) is 3.17. The summed E-state index contributed by atoms with van der Waals surface area (Å²) < 4.78 is 6.78. The van der Waals surface area contributed by atoms with Crippen molar-refractivity contribution in [2.24, 2.45) is 5.73 Å². The number of phenols is 2. The molecular formula is C16H16BrNO3. The summed E-state index contributed by atoms with van der Waals surface area (Å²) in [6.07, 6.45) is -0.0130. The highest BCUT2D eigenvalue weighted by molar-refractivity contribution is 9.10. The van der Waals surface area contributed by atoms with Crippen LogP contribution in [-0.4, -0.2) is 16.8 Å². The van der Waals surface area contributed by atoms with Gasteiger partial charge in [-0.05, 0) is 11.6 Å². The van der Waals surface area contributed by atoms with E-state index in [0.717, 1.165) is 11.1 Å². The normalized spacial score (nSPS) is 21.0. The van der Waals surface area contributed by atoms with E-state index in [1.807, 2.05) is 30.3 Å². The van der Waals surface area contributed by atoms with Crippen LogP contribution in [0, 0.1) is 0 Å². The number of aromatic hydroxyl groups is 2. The number of halogens is 1. The first-order valence-electron chi connectivity index (χ1n) is 6.75. The summed E-state index contributed by atoms with van der Waals surface area (Å²) in [5.41, 5.74) is 8.37. The first-order valence-corrected chi connectivity index (χ1v) is 7.54. The number of fused-ring (bicyclic) bond motifs is 1. The highest BCUT2D eigenvalue weighted by Crippen LogP contribution is 2.47. The van der Waals surface area contributed by atoms with E-state index in [4.69, 9.17) is 10.5 Å². The quantitative estimate of drug-likeness (QED) is 0.728. The molecule has 2 aromatic carbocycles. The van der Waals surface area contributed by atoms with Crippen LogP contribution >= 0.6 is 15.9 Å². The van der Waals surface area contributed by atoms with Crippen LogP contribution in [0.25, 0.3) is 0 Å². The van der Waals surface area contributed by atoms with E-state index in [2.05, 4.69) is 15.9 Å². The Morgan fingerprint density at radius 3 is 2.62 bits per heavy atom. The predicted molar refractivity (Wildman–Crippen MR) is 83.2 cm³/mol. The summed E-state index contributed by atoms with van der Waals surface area (Å²) >= 11 is 3.42. The van der Waals surface area contributed by atoms with Gasteiger partial charge in [0.05, 0.1) is 12.2 Å². The number of hydrogen-bond acceptors (Lipinski definition) is 4. The first-order chi connectivity index (χ1) is 10.1. The molecule has 21 heavy (non-hydrogen) atoms. The van der Waals surface area contributed by atoms with Gasteiger partial charge in [-0.3, -0.25) is 0 Å². The second-order valence-corrected chi connectivity index (χ2v) is 5.94. The van der Waals surface area contributed by atoms with Crippen LogP contribution in [0.3, 0.4) is 0 Å². The second kappa shape index (κ2) is 5.67. The Balaban J connectivity index is 2.08. The van der Waals surface area contributed by atoms with E-state index in [0.29, 0.717) is 23.0 Å². The highest BCUT2D eigenvalue weighted by Gasteiger charge is 2.32. The van der Waals surface area contributed by atoms with Crippen molar-refractivity contribution in [1.29, 1.82) is 0 Å². The van der Waals surface area contributed by atoms with Crippen LogP contribution in [0.5, 0.6) is 11.5 Å². The van der Waals surface area contributed by atoms with E-state index >= 15 is 0 Å². The Hall–Kier alpha value is -1.56. The fourth-order valence-electron chi connectivity index (χ4n) is 2.78. The van der Waals surface area contributed by atoms with Crippen molar-refractivity contribution in [2.75, 3.05) is 6.54 Å². The monoisotopic (exact) mass is 349 g/mol. The molecule has 0 aliphatic carbocycles. The van der Waals surface area contributed by atoms with Gasteiger partial charge in [0.2, 0.25) is 0 Å². The van der Waals surface area contributed by atoms with E-state index < -0.39 is 0 Å². The van der Waals surface area contributed by atoms with Gasteiger partial charge >= 0.3 is 0 Å². The van der Waals surface area contributed by atoms with E-state index in [-0.39, 0.29) is 23.7 Å². The van der Waals surface area contributed by atoms with Crippen molar-refractivity contribution in [3.63, 3.8) is 0 Å². The average molecular weight is 350 g/mol. The standard InChI is InChI=1S/C16H16BrNO3/c17-11-7-12(19)16(20)10-6-13(9-4-2-1-3-5-9)21-14(8-18)15(10)11/h1-5,7,13-14,19-20H,6,8,18H2/t13-,14-/m0/s1. The molecule has 1 heterocycles. The maximum Gasteiger partial charge on any atom is 0.161 e. The van der Waals surface area contributed by atoms with Gasteiger partial charge < -0.3 is 20.7 Å². The molecular weight excluding hydrogens is 334 g/mol. The number of hydrogen-bond donors (Lipinski definition) is 3. The first kappa shape index (κ1) is 14.4. The molecule has 1 aliphatic heterocycles. The fraction of sp³-hybridized carbons (Fsp3) is 0.250. The van der Waals surface area contributed by atoms with Gasteiger partial charge in [-0.15, -0.1) is 0 Å². The average Bonchev–Trinajstić information content (AvgIpc) is 2.52. The summed E-state index contributed by atoms with van der Waals surface area (Å²) in [6, 6.07) is 11.3. The lowest BCUT2D eigenvalue weighted by Crippen LogP contribution is -2.26. The van der Waals surface area contributed by atoms with Gasteiger partial charge in [-0.2, -0.15) is 0 Å². The van der Waals surface area contributed by atoms with Gasteiger partial charge in [-0.1, -0.05) is 46.3 Å². The van der Waals surface area contributed by atoms with Crippen LogP contribution in [0.1, 0.15) is 28.9 Å². The highest BCUT2D eigenvalue weighted by atomic mass is 79.9. The molecule has 0 spiro atoms. The molecule has 2 atom stereocenters. The molecule has 4 N–H and O–H groups in total. The number of nitrogens with two attached hydrogens (primary N) is 1. The van der Waals surface area contributed by atoms with Crippen LogP contribution in [-0.2, 0) is 11.2 Å². The number of phenolic OH excluding ortho intramolecular Hbond substituents is 2. The molecule has 0 saturated carbocycles. The van der Waals surface area contributed by atoms with Crippen molar-refractivity contribution in [1.82, 2.24) is 0 Å². The van der Waals surface area contributed by atoms with Crippen molar-refractivity contribution >= 4 is 15.9 Å². The van der Waals surface area contributed by atoms with Crippen molar-refractivity contribution in [2.45, 2.75) is 18.6 Å². The fourth-order valence-corrected chi connectivity index (χ4v) is 3.50. The minimum Gasteiger partial charge on any atom is -0.504 e. The molecule has 0 fully saturated rings. The Labute approximate surface area is 131 Å². The molecule has 2 aromatic rings. The number of ether oxygens (including phenoxy) is 1. The molecule has 3 rings (SSSR count). The lowest BCUT2D eigenvalue weighted by Gasteiger charge is -2.33. The molecule has 0 aromatic heterocycles. The molecule has 0 unspecified atom stereocenters. The molecule has 110 valence electrons. The largest absolute Gasteiger partial charge is 0.504 e. The molecule has 0 bridgehead atoms. The SMILES string of the molecule is NC[C@@H]1O[C@H](c2ccccc2)Cc2c(O)c(O)cc(Br)c21. The maximum atomic E-state index is 10.2. The van der Waals surface area contributed by atoms with Gasteiger partial charge in [0, 0.05) is 28.6 Å². The third-order valence-corrected chi connectivity index (χ3v) is 4.46.